The maximum atomic E-state index is 12.5. The monoisotopic (exact) mass is 402 g/mol. The predicted octanol–water partition coefficient (Wildman–Crippen LogP) is 3.51. The first-order valence-electron chi connectivity index (χ1n) is 4.09. The minimum atomic E-state index is -5.31. The Bertz CT molecular complexity index is 515. The van der Waals surface area contributed by atoms with Gasteiger partial charge >= 0.3 is 12.5 Å². The first kappa shape index (κ1) is 15.7. The summed E-state index contributed by atoms with van der Waals surface area (Å²) in [5.74, 6) is -1.55. The normalized spacial score (nSPS) is 12.4. The molecule has 0 atom stereocenters. The molecule has 106 valence electrons. The van der Waals surface area contributed by atoms with Gasteiger partial charge in [-0.3, -0.25) is 10.1 Å². The molecular weight excluding hydrogens is 401 g/mol. The van der Waals surface area contributed by atoms with Crippen LogP contribution in [0.1, 0.15) is 5.69 Å². The van der Waals surface area contributed by atoms with E-state index < -0.39 is 38.3 Å². The van der Waals surface area contributed by atoms with Crippen LogP contribution in [0.3, 0.4) is 0 Å². The van der Waals surface area contributed by atoms with Gasteiger partial charge in [0.15, 0.2) is 5.69 Å². The average Bonchev–Trinajstić information content (AvgIpc) is 2.16. The van der Waals surface area contributed by atoms with Crippen LogP contribution >= 0.6 is 22.6 Å². The second-order valence-electron chi connectivity index (χ2n) is 2.94. The molecule has 12 heteroatoms. The Labute approximate surface area is 113 Å². The van der Waals surface area contributed by atoms with Crippen LogP contribution in [-0.4, -0.2) is 16.3 Å². The molecule has 5 nitrogen and oxygen atoms in total. The van der Waals surface area contributed by atoms with Crippen LogP contribution in [0.15, 0.2) is 6.07 Å². The molecule has 0 aromatic carbocycles. The largest absolute Gasteiger partial charge is 0.574 e. The van der Waals surface area contributed by atoms with Crippen molar-refractivity contribution in [1.82, 2.24) is 4.98 Å². The number of hydrogen-bond acceptors (Lipinski definition) is 4. The van der Waals surface area contributed by atoms with Gasteiger partial charge in [-0.15, -0.1) is 13.2 Å². The summed E-state index contributed by atoms with van der Waals surface area (Å²) in [5.41, 5.74) is -3.00. The molecule has 0 saturated heterocycles. The molecule has 19 heavy (non-hydrogen) atoms. The highest BCUT2D eigenvalue weighted by Gasteiger charge is 2.41. The smallest absolute Gasteiger partial charge is 0.388 e. The third kappa shape index (κ3) is 4.07. The molecule has 0 amide bonds. The summed E-state index contributed by atoms with van der Waals surface area (Å²) in [7, 11) is 0. The van der Waals surface area contributed by atoms with Gasteiger partial charge in [-0.05, 0) is 22.6 Å². The minimum absolute atomic E-state index is 0.171. The summed E-state index contributed by atoms with van der Waals surface area (Å²) >= 11 is 0.974. The van der Waals surface area contributed by atoms with Gasteiger partial charge in [0.1, 0.15) is 3.57 Å². The third-order valence-corrected chi connectivity index (χ3v) is 2.66. The average molecular weight is 402 g/mol. The highest BCUT2D eigenvalue weighted by Crippen LogP contribution is 2.38. The third-order valence-electron chi connectivity index (χ3n) is 1.60. The van der Waals surface area contributed by atoms with Gasteiger partial charge in [0, 0.05) is 0 Å². The van der Waals surface area contributed by atoms with E-state index >= 15 is 0 Å². The van der Waals surface area contributed by atoms with Gasteiger partial charge in [0.2, 0.25) is 5.88 Å². The van der Waals surface area contributed by atoms with E-state index in [-0.39, 0.29) is 6.07 Å². The van der Waals surface area contributed by atoms with E-state index in [1.54, 1.807) is 0 Å². The van der Waals surface area contributed by atoms with Crippen LogP contribution < -0.4 is 4.74 Å². The first-order valence-corrected chi connectivity index (χ1v) is 5.17. The molecule has 1 heterocycles. The number of rotatable bonds is 2. The standard InChI is InChI=1S/C7HF6IN2O3/c8-6(9,10)5-4(14)2(16(17)18)1-3(15-5)19-7(11,12)13/h1H. The second-order valence-corrected chi connectivity index (χ2v) is 4.02. The Kier molecular flexibility index (Phi) is 4.11. The van der Waals surface area contributed by atoms with Crippen molar-refractivity contribution in [2.45, 2.75) is 12.5 Å². The van der Waals surface area contributed by atoms with Crippen LogP contribution in [0.25, 0.3) is 0 Å². The molecule has 0 unspecified atom stereocenters. The molecule has 0 spiro atoms. The van der Waals surface area contributed by atoms with Gasteiger partial charge in [-0.2, -0.15) is 13.2 Å². The van der Waals surface area contributed by atoms with Crippen molar-refractivity contribution in [3.63, 3.8) is 0 Å². The Morgan fingerprint density at radius 1 is 1.26 bits per heavy atom. The van der Waals surface area contributed by atoms with Crippen molar-refractivity contribution >= 4 is 28.3 Å². The van der Waals surface area contributed by atoms with Gasteiger partial charge in [0.25, 0.3) is 5.69 Å². The van der Waals surface area contributed by atoms with Crippen LogP contribution in [0.4, 0.5) is 32.0 Å². The van der Waals surface area contributed by atoms with Crippen molar-refractivity contribution in [1.29, 1.82) is 0 Å². The summed E-state index contributed by atoms with van der Waals surface area (Å²) < 4.78 is 75.3. The van der Waals surface area contributed by atoms with Crippen molar-refractivity contribution in [3.05, 3.63) is 25.4 Å². The highest BCUT2D eigenvalue weighted by atomic mass is 127. The summed E-state index contributed by atoms with van der Waals surface area (Å²) in [6, 6.07) is 0.171. The Morgan fingerprint density at radius 3 is 2.16 bits per heavy atom. The lowest BCUT2D eigenvalue weighted by atomic mass is 10.3. The van der Waals surface area contributed by atoms with Gasteiger partial charge in [-0.25, -0.2) is 4.98 Å². The minimum Gasteiger partial charge on any atom is -0.388 e. The topological polar surface area (TPSA) is 65.3 Å². The van der Waals surface area contributed by atoms with E-state index in [1.165, 1.54) is 0 Å². The van der Waals surface area contributed by atoms with Crippen LogP contribution in [0, 0.1) is 13.7 Å². The van der Waals surface area contributed by atoms with Crippen molar-refractivity contribution in [3.8, 4) is 5.88 Å². The number of halogens is 7. The number of aromatic nitrogens is 1. The lowest BCUT2D eigenvalue weighted by Crippen LogP contribution is -2.20. The lowest BCUT2D eigenvalue weighted by molar-refractivity contribution is -0.386. The quantitative estimate of drug-likeness (QED) is 0.329. The zero-order valence-electron chi connectivity index (χ0n) is 8.34. The molecule has 1 aromatic rings. The summed E-state index contributed by atoms with van der Waals surface area (Å²) in [6.45, 7) is 0. The van der Waals surface area contributed by atoms with E-state index in [9.17, 15) is 36.5 Å². The highest BCUT2D eigenvalue weighted by molar-refractivity contribution is 14.1. The molecule has 0 aliphatic carbocycles. The summed E-state index contributed by atoms with van der Waals surface area (Å²) in [6.07, 6.45) is -10.5. The molecular formula is C7HF6IN2O3. The molecule has 0 saturated carbocycles. The fourth-order valence-corrected chi connectivity index (χ4v) is 1.76. The molecule has 0 aliphatic heterocycles. The summed E-state index contributed by atoms with van der Waals surface area (Å²) in [4.78, 5) is 11.8. The van der Waals surface area contributed by atoms with Crippen molar-refractivity contribution < 1.29 is 36.0 Å². The van der Waals surface area contributed by atoms with E-state index in [0.717, 1.165) is 22.6 Å². The fraction of sp³-hybridized carbons (Fsp3) is 0.286. The van der Waals surface area contributed by atoms with Crippen LogP contribution in [0.2, 0.25) is 0 Å². The van der Waals surface area contributed by atoms with E-state index in [2.05, 4.69) is 9.72 Å². The predicted molar refractivity (Wildman–Crippen MR) is 55.3 cm³/mol. The van der Waals surface area contributed by atoms with Crippen LogP contribution in [0.5, 0.6) is 5.88 Å². The molecule has 0 aliphatic rings. The Balaban J connectivity index is 3.44. The Hall–Kier alpha value is -1.34. The zero-order valence-corrected chi connectivity index (χ0v) is 10.5. The summed E-state index contributed by atoms with van der Waals surface area (Å²) in [5, 5.41) is 10.5. The molecule has 0 radical (unpaired) electrons. The SMILES string of the molecule is O=[N+]([O-])c1cc(OC(F)(F)F)nc(C(F)(F)F)c1I. The second kappa shape index (κ2) is 4.97. The van der Waals surface area contributed by atoms with Gasteiger partial charge in [-0.1, -0.05) is 0 Å². The van der Waals surface area contributed by atoms with E-state index in [4.69, 9.17) is 0 Å². The van der Waals surface area contributed by atoms with Crippen molar-refractivity contribution in [2.75, 3.05) is 0 Å². The molecule has 1 aromatic heterocycles. The molecule has 0 N–H and O–H groups in total. The molecule has 0 bridgehead atoms. The van der Waals surface area contributed by atoms with Crippen LogP contribution in [-0.2, 0) is 6.18 Å². The lowest BCUT2D eigenvalue weighted by Gasteiger charge is -2.12. The zero-order chi connectivity index (χ0) is 15.0. The first-order chi connectivity index (χ1) is 8.42. The number of hydrogen-bond donors (Lipinski definition) is 0. The molecule has 0 fully saturated rings. The van der Waals surface area contributed by atoms with Gasteiger partial charge in [0.05, 0.1) is 11.0 Å². The van der Waals surface area contributed by atoms with E-state index in [1.807, 2.05) is 0 Å². The number of ether oxygens (including phenoxy) is 1. The molecule has 1 rings (SSSR count). The fourth-order valence-electron chi connectivity index (χ4n) is 0.985. The number of nitro groups is 1. The van der Waals surface area contributed by atoms with Crippen molar-refractivity contribution in [2.24, 2.45) is 0 Å². The maximum Gasteiger partial charge on any atom is 0.574 e. The Morgan fingerprint density at radius 2 is 1.79 bits per heavy atom. The maximum absolute atomic E-state index is 12.5. The van der Waals surface area contributed by atoms with Gasteiger partial charge < -0.3 is 4.74 Å². The number of nitrogens with zero attached hydrogens (tertiary/aromatic N) is 2. The van der Waals surface area contributed by atoms with E-state index in [0.29, 0.717) is 0 Å². The number of pyridine rings is 1. The number of alkyl halides is 6.